The van der Waals surface area contributed by atoms with Gasteiger partial charge in [0.1, 0.15) is 12.0 Å². The molecule has 0 N–H and O–H groups in total. The minimum Gasteiger partial charge on any atom is -0.423 e. The van der Waals surface area contributed by atoms with Crippen molar-refractivity contribution < 1.29 is 9.53 Å². The van der Waals surface area contributed by atoms with E-state index in [-0.39, 0.29) is 6.01 Å². The lowest BCUT2D eigenvalue weighted by Gasteiger charge is -2.05. The highest BCUT2D eigenvalue weighted by Gasteiger charge is 2.10. The van der Waals surface area contributed by atoms with Crippen molar-refractivity contribution in [3.05, 3.63) is 60.2 Å². The molecule has 0 aliphatic heterocycles. The van der Waals surface area contributed by atoms with Gasteiger partial charge in [-0.3, -0.25) is 4.79 Å². The standard InChI is InChI=1S/C14H10N4O2/c19-10-11-6-8-13(9-7-11)20-14-15-16-17-18(14)12-4-2-1-3-5-12/h1-10H. The molecule has 2 aromatic carbocycles. The Kier molecular flexibility index (Phi) is 3.20. The number of aldehydes is 1. The highest BCUT2D eigenvalue weighted by Crippen LogP contribution is 2.20. The zero-order valence-corrected chi connectivity index (χ0v) is 10.4. The van der Waals surface area contributed by atoms with Gasteiger partial charge in [0.05, 0.1) is 5.69 Å². The van der Waals surface area contributed by atoms with Crippen LogP contribution in [0.2, 0.25) is 0 Å². The zero-order chi connectivity index (χ0) is 13.8. The van der Waals surface area contributed by atoms with Crippen LogP contribution in [0, 0.1) is 0 Å². The summed E-state index contributed by atoms with van der Waals surface area (Å²) in [7, 11) is 0. The lowest BCUT2D eigenvalue weighted by molar-refractivity contribution is 0.112. The fourth-order valence-corrected chi connectivity index (χ4v) is 1.69. The quantitative estimate of drug-likeness (QED) is 0.677. The molecule has 3 aromatic rings. The summed E-state index contributed by atoms with van der Waals surface area (Å²) in [6.07, 6.45) is 0.776. The fourth-order valence-electron chi connectivity index (χ4n) is 1.69. The van der Waals surface area contributed by atoms with Gasteiger partial charge in [0, 0.05) is 5.56 Å². The van der Waals surface area contributed by atoms with Crippen molar-refractivity contribution in [2.45, 2.75) is 0 Å². The van der Waals surface area contributed by atoms with Gasteiger partial charge in [0.15, 0.2) is 0 Å². The average Bonchev–Trinajstić information content (AvgIpc) is 2.97. The molecule has 0 fully saturated rings. The van der Waals surface area contributed by atoms with Gasteiger partial charge in [0.2, 0.25) is 0 Å². The molecule has 6 heteroatoms. The van der Waals surface area contributed by atoms with Gasteiger partial charge in [-0.1, -0.05) is 23.3 Å². The summed E-state index contributed by atoms with van der Waals surface area (Å²) >= 11 is 0. The Balaban J connectivity index is 1.88. The van der Waals surface area contributed by atoms with E-state index in [4.69, 9.17) is 4.74 Å². The van der Waals surface area contributed by atoms with Gasteiger partial charge >= 0.3 is 6.01 Å². The Morgan fingerprint density at radius 3 is 2.45 bits per heavy atom. The van der Waals surface area contributed by atoms with Gasteiger partial charge in [-0.2, -0.15) is 4.68 Å². The van der Waals surface area contributed by atoms with Crippen molar-refractivity contribution in [2.75, 3.05) is 0 Å². The van der Waals surface area contributed by atoms with Crippen molar-refractivity contribution in [1.82, 2.24) is 20.2 Å². The molecule has 3 rings (SSSR count). The molecule has 0 atom stereocenters. The topological polar surface area (TPSA) is 69.9 Å². The highest BCUT2D eigenvalue weighted by atomic mass is 16.5. The van der Waals surface area contributed by atoms with E-state index in [1.807, 2.05) is 30.3 Å². The van der Waals surface area contributed by atoms with Crippen LogP contribution < -0.4 is 4.74 Å². The summed E-state index contributed by atoms with van der Waals surface area (Å²) in [4.78, 5) is 10.6. The number of hydrogen-bond donors (Lipinski definition) is 0. The van der Waals surface area contributed by atoms with Crippen LogP contribution in [-0.4, -0.2) is 26.5 Å². The van der Waals surface area contributed by atoms with Crippen molar-refractivity contribution in [2.24, 2.45) is 0 Å². The number of nitrogens with zero attached hydrogens (tertiary/aromatic N) is 4. The predicted octanol–water partition coefficient (Wildman–Crippen LogP) is 2.27. The number of aromatic nitrogens is 4. The minimum atomic E-state index is 0.259. The second-order valence-corrected chi connectivity index (χ2v) is 4.00. The van der Waals surface area contributed by atoms with Crippen LogP contribution in [0.1, 0.15) is 10.4 Å². The summed E-state index contributed by atoms with van der Waals surface area (Å²) in [6, 6.07) is 16.4. The molecule has 0 unspecified atom stereocenters. The lowest BCUT2D eigenvalue weighted by Crippen LogP contribution is -2.00. The molecule has 0 bridgehead atoms. The molecular weight excluding hydrogens is 256 g/mol. The largest absolute Gasteiger partial charge is 0.423 e. The molecule has 0 saturated heterocycles. The third kappa shape index (κ3) is 2.39. The lowest BCUT2D eigenvalue weighted by atomic mass is 10.2. The molecule has 98 valence electrons. The maximum atomic E-state index is 10.6. The molecule has 0 aliphatic carbocycles. The number of hydrogen-bond acceptors (Lipinski definition) is 5. The second-order valence-electron chi connectivity index (χ2n) is 4.00. The molecule has 0 saturated carbocycles. The number of rotatable bonds is 4. The predicted molar refractivity (Wildman–Crippen MR) is 71.1 cm³/mol. The average molecular weight is 266 g/mol. The fraction of sp³-hybridized carbons (Fsp3) is 0. The van der Waals surface area contributed by atoms with Crippen LogP contribution in [0.3, 0.4) is 0 Å². The van der Waals surface area contributed by atoms with Gasteiger partial charge in [-0.15, -0.1) is 0 Å². The van der Waals surface area contributed by atoms with Crippen LogP contribution in [-0.2, 0) is 0 Å². The maximum Gasteiger partial charge on any atom is 0.345 e. The Labute approximate surface area is 114 Å². The van der Waals surface area contributed by atoms with E-state index in [2.05, 4.69) is 15.5 Å². The van der Waals surface area contributed by atoms with Gasteiger partial charge < -0.3 is 4.74 Å². The van der Waals surface area contributed by atoms with E-state index in [1.54, 1.807) is 24.3 Å². The second kappa shape index (κ2) is 5.31. The molecule has 1 aromatic heterocycles. The number of carbonyl (C=O) groups excluding carboxylic acids is 1. The smallest absolute Gasteiger partial charge is 0.345 e. The molecular formula is C14H10N4O2. The minimum absolute atomic E-state index is 0.259. The van der Waals surface area contributed by atoms with Crippen LogP contribution in [0.5, 0.6) is 11.8 Å². The third-order valence-electron chi connectivity index (χ3n) is 2.67. The first-order valence-electron chi connectivity index (χ1n) is 5.94. The van der Waals surface area contributed by atoms with Crippen molar-refractivity contribution >= 4 is 6.29 Å². The Morgan fingerprint density at radius 1 is 1.00 bits per heavy atom. The van der Waals surface area contributed by atoms with Gasteiger partial charge in [-0.25, -0.2) is 0 Å². The third-order valence-corrected chi connectivity index (χ3v) is 2.67. The highest BCUT2D eigenvalue weighted by molar-refractivity contribution is 5.74. The first-order valence-corrected chi connectivity index (χ1v) is 5.94. The first-order chi connectivity index (χ1) is 9.86. The number of carbonyl (C=O) groups is 1. The first kappa shape index (κ1) is 12.0. The number of benzene rings is 2. The van der Waals surface area contributed by atoms with Crippen molar-refractivity contribution in [1.29, 1.82) is 0 Å². The number of ether oxygens (including phenoxy) is 1. The van der Waals surface area contributed by atoms with Crippen LogP contribution in [0.25, 0.3) is 5.69 Å². The van der Waals surface area contributed by atoms with E-state index in [0.717, 1.165) is 12.0 Å². The molecule has 6 nitrogen and oxygen atoms in total. The molecule has 0 spiro atoms. The summed E-state index contributed by atoms with van der Waals surface area (Å²) in [6.45, 7) is 0. The van der Waals surface area contributed by atoms with E-state index >= 15 is 0 Å². The molecule has 0 amide bonds. The van der Waals surface area contributed by atoms with Crippen LogP contribution in [0.4, 0.5) is 0 Å². The zero-order valence-electron chi connectivity index (χ0n) is 10.4. The Hall–Kier alpha value is -3.02. The number of tetrazole rings is 1. The summed E-state index contributed by atoms with van der Waals surface area (Å²) in [5.41, 5.74) is 1.39. The molecule has 0 radical (unpaired) electrons. The Morgan fingerprint density at radius 2 is 1.75 bits per heavy atom. The van der Waals surface area contributed by atoms with Gasteiger partial charge in [0.25, 0.3) is 0 Å². The number of para-hydroxylation sites is 1. The SMILES string of the molecule is O=Cc1ccc(Oc2nnnn2-c2ccccc2)cc1. The van der Waals surface area contributed by atoms with Crippen LogP contribution >= 0.6 is 0 Å². The Bertz CT molecular complexity index is 708. The molecule has 1 heterocycles. The van der Waals surface area contributed by atoms with Crippen molar-refractivity contribution in [3.8, 4) is 17.4 Å². The van der Waals surface area contributed by atoms with E-state index in [1.165, 1.54) is 4.68 Å². The summed E-state index contributed by atoms with van der Waals surface area (Å²) in [5, 5.41) is 11.3. The molecule has 0 aliphatic rings. The molecule has 20 heavy (non-hydrogen) atoms. The van der Waals surface area contributed by atoms with E-state index < -0.39 is 0 Å². The van der Waals surface area contributed by atoms with Crippen molar-refractivity contribution in [3.63, 3.8) is 0 Å². The summed E-state index contributed by atoms with van der Waals surface area (Å²) < 4.78 is 7.11. The maximum absolute atomic E-state index is 10.6. The van der Waals surface area contributed by atoms with Gasteiger partial charge in [-0.05, 0) is 46.8 Å². The van der Waals surface area contributed by atoms with E-state index in [0.29, 0.717) is 11.3 Å². The summed E-state index contributed by atoms with van der Waals surface area (Å²) in [5.74, 6) is 0.558. The normalized spacial score (nSPS) is 10.2. The monoisotopic (exact) mass is 266 g/mol. The van der Waals surface area contributed by atoms with Crippen LogP contribution in [0.15, 0.2) is 54.6 Å². The van der Waals surface area contributed by atoms with E-state index in [9.17, 15) is 4.79 Å².